The van der Waals surface area contributed by atoms with Crippen molar-refractivity contribution in [2.24, 2.45) is 10.7 Å². The number of hydrogen-bond donors (Lipinski definition) is 1. The molecule has 3 nitrogen and oxygen atoms in total. The topological polar surface area (TPSA) is 41.6 Å². The average Bonchev–Trinajstić information content (AvgIpc) is 2.77. The summed E-state index contributed by atoms with van der Waals surface area (Å²) >= 11 is 0. The first-order chi connectivity index (χ1) is 8.84. The molecule has 0 aromatic rings. The van der Waals surface area contributed by atoms with Gasteiger partial charge in [0.05, 0.1) is 6.54 Å². The Kier molecular flexibility index (Phi) is 12.6. The van der Waals surface area contributed by atoms with Gasteiger partial charge in [-0.05, 0) is 6.42 Å². The van der Waals surface area contributed by atoms with Gasteiger partial charge in [0.15, 0.2) is 5.96 Å². The van der Waals surface area contributed by atoms with Crippen LogP contribution in [0.3, 0.4) is 0 Å². The third kappa shape index (κ3) is 9.31. The van der Waals surface area contributed by atoms with Gasteiger partial charge < -0.3 is 10.6 Å². The van der Waals surface area contributed by atoms with Gasteiger partial charge in [-0.25, -0.2) is 0 Å². The number of hydrogen-bond acceptors (Lipinski definition) is 3. The Labute approximate surface area is 129 Å². The van der Waals surface area contributed by atoms with E-state index in [1.54, 1.807) is 0 Å². The van der Waals surface area contributed by atoms with Crippen molar-refractivity contribution in [3.63, 3.8) is 0 Å². The van der Waals surface area contributed by atoms with Crippen LogP contribution in [0.2, 0.25) is 0 Å². The predicted octanol–water partition coefficient (Wildman–Crippen LogP) is 4.12. The van der Waals surface area contributed by atoms with Crippen molar-refractivity contribution >= 4 is 22.9 Å². The minimum Gasteiger partial charge on any atom is -0.370 e. The molecule has 0 radical (unpaired) electrons. The fourth-order valence-electron chi connectivity index (χ4n) is 2.52. The van der Waals surface area contributed by atoms with Crippen LogP contribution in [0.5, 0.6) is 0 Å². The van der Waals surface area contributed by atoms with Gasteiger partial charge in [-0.2, -0.15) is 0 Å². The SMILES string of the molecule is Br.CCCCCCCCCCCCN1CCN=C1N. The lowest BCUT2D eigenvalue weighted by Crippen LogP contribution is -2.34. The summed E-state index contributed by atoms with van der Waals surface area (Å²) < 4.78 is 0. The Balaban J connectivity index is 0.00000324. The Hall–Kier alpha value is -0.250. The molecule has 0 aliphatic carbocycles. The van der Waals surface area contributed by atoms with Crippen LogP contribution in [0.4, 0.5) is 0 Å². The van der Waals surface area contributed by atoms with Gasteiger partial charge >= 0.3 is 0 Å². The largest absolute Gasteiger partial charge is 0.370 e. The third-order valence-electron chi connectivity index (χ3n) is 3.75. The molecule has 0 saturated carbocycles. The molecule has 19 heavy (non-hydrogen) atoms. The summed E-state index contributed by atoms with van der Waals surface area (Å²) in [7, 11) is 0. The first-order valence-corrected chi connectivity index (χ1v) is 7.89. The highest BCUT2D eigenvalue weighted by Gasteiger charge is 2.11. The van der Waals surface area contributed by atoms with Crippen LogP contribution in [-0.2, 0) is 0 Å². The van der Waals surface area contributed by atoms with Crippen LogP contribution in [0, 0.1) is 0 Å². The van der Waals surface area contributed by atoms with Gasteiger partial charge in [-0.15, -0.1) is 17.0 Å². The lowest BCUT2D eigenvalue weighted by Gasteiger charge is -2.16. The van der Waals surface area contributed by atoms with E-state index in [4.69, 9.17) is 5.73 Å². The monoisotopic (exact) mass is 333 g/mol. The van der Waals surface area contributed by atoms with E-state index in [0.29, 0.717) is 0 Å². The van der Waals surface area contributed by atoms with Crippen molar-refractivity contribution in [3.8, 4) is 0 Å². The zero-order chi connectivity index (χ0) is 13.1. The van der Waals surface area contributed by atoms with E-state index in [0.717, 1.165) is 25.6 Å². The zero-order valence-corrected chi connectivity index (χ0v) is 14.3. The zero-order valence-electron chi connectivity index (χ0n) is 12.6. The van der Waals surface area contributed by atoms with E-state index in [-0.39, 0.29) is 17.0 Å². The molecule has 0 atom stereocenters. The quantitative estimate of drug-likeness (QED) is 0.578. The van der Waals surface area contributed by atoms with Crippen molar-refractivity contribution in [2.45, 2.75) is 71.1 Å². The van der Waals surface area contributed by atoms with Gasteiger partial charge in [-0.3, -0.25) is 4.99 Å². The molecule has 2 N–H and O–H groups in total. The minimum atomic E-state index is 0. The average molecular weight is 334 g/mol. The van der Waals surface area contributed by atoms with Crippen molar-refractivity contribution < 1.29 is 0 Å². The van der Waals surface area contributed by atoms with Gasteiger partial charge in [0, 0.05) is 13.1 Å². The molecular weight excluding hydrogens is 302 g/mol. The summed E-state index contributed by atoms with van der Waals surface area (Å²) in [6, 6.07) is 0. The second kappa shape index (κ2) is 12.8. The summed E-state index contributed by atoms with van der Waals surface area (Å²) in [6.07, 6.45) is 13.9. The smallest absolute Gasteiger partial charge is 0.191 e. The number of nitrogens with two attached hydrogens (primary N) is 1. The molecule has 114 valence electrons. The molecule has 1 aliphatic rings. The predicted molar refractivity (Wildman–Crippen MR) is 90.2 cm³/mol. The Morgan fingerprint density at radius 2 is 1.47 bits per heavy atom. The van der Waals surface area contributed by atoms with Crippen molar-refractivity contribution in [1.29, 1.82) is 0 Å². The summed E-state index contributed by atoms with van der Waals surface area (Å²) in [6.45, 7) is 5.30. The molecule has 0 amide bonds. The van der Waals surface area contributed by atoms with Crippen molar-refractivity contribution in [1.82, 2.24) is 4.90 Å². The molecule has 4 heteroatoms. The van der Waals surface area contributed by atoms with Crippen molar-refractivity contribution in [2.75, 3.05) is 19.6 Å². The molecule has 0 fully saturated rings. The number of unbranched alkanes of at least 4 members (excludes halogenated alkanes) is 9. The standard InChI is InChI=1S/C15H31N3.BrH/c1-2-3-4-5-6-7-8-9-10-11-13-18-14-12-17-15(18)16;/h2-14H2,1H3,(H2,16,17);1H. The lowest BCUT2D eigenvalue weighted by atomic mass is 10.1. The van der Waals surface area contributed by atoms with E-state index in [2.05, 4.69) is 16.8 Å². The van der Waals surface area contributed by atoms with Gasteiger partial charge in [-0.1, -0.05) is 64.7 Å². The van der Waals surface area contributed by atoms with E-state index >= 15 is 0 Å². The Bertz CT molecular complexity index is 231. The molecule has 0 bridgehead atoms. The van der Waals surface area contributed by atoms with Gasteiger partial charge in [0.1, 0.15) is 0 Å². The lowest BCUT2D eigenvalue weighted by molar-refractivity contribution is 0.427. The highest BCUT2D eigenvalue weighted by atomic mass is 79.9. The van der Waals surface area contributed by atoms with Gasteiger partial charge in [0.2, 0.25) is 0 Å². The number of guanidine groups is 1. The normalized spacial score (nSPS) is 14.4. The summed E-state index contributed by atoms with van der Waals surface area (Å²) in [5.74, 6) is 0.755. The van der Waals surface area contributed by atoms with Crippen LogP contribution in [0.1, 0.15) is 71.1 Å². The second-order valence-electron chi connectivity index (χ2n) is 5.41. The van der Waals surface area contributed by atoms with Crippen LogP contribution < -0.4 is 5.73 Å². The first-order valence-electron chi connectivity index (χ1n) is 7.89. The number of aliphatic imine (C=N–C) groups is 1. The molecular formula is C15H32BrN3. The number of rotatable bonds is 11. The van der Waals surface area contributed by atoms with E-state index in [1.807, 2.05) is 0 Å². The molecule has 1 heterocycles. The fourth-order valence-corrected chi connectivity index (χ4v) is 2.52. The number of nitrogens with zero attached hydrogens (tertiary/aromatic N) is 2. The van der Waals surface area contributed by atoms with E-state index < -0.39 is 0 Å². The van der Waals surface area contributed by atoms with Crippen LogP contribution >= 0.6 is 17.0 Å². The van der Waals surface area contributed by atoms with Gasteiger partial charge in [0.25, 0.3) is 0 Å². The number of halogens is 1. The van der Waals surface area contributed by atoms with E-state index in [1.165, 1.54) is 64.2 Å². The van der Waals surface area contributed by atoms with Crippen molar-refractivity contribution in [3.05, 3.63) is 0 Å². The highest BCUT2D eigenvalue weighted by molar-refractivity contribution is 8.93. The maximum absolute atomic E-state index is 5.78. The summed E-state index contributed by atoms with van der Waals surface area (Å²) in [4.78, 5) is 6.41. The second-order valence-corrected chi connectivity index (χ2v) is 5.41. The Morgan fingerprint density at radius 1 is 0.947 bits per heavy atom. The highest BCUT2D eigenvalue weighted by Crippen LogP contribution is 2.11. The van der Waals surface area contributed by atoms with Crippen LogP contribution in [0.25, 0.3) is 0 Å². The summed E-state index contributed by atoms with van der Waals surface area (Å²) in [5, 5.41) is 0. The molecule has 0 aromatic carbocycles. The molecule has 0 unspecified atom stereocenters. The first kappa shape index (κ1) is 18.8. The summed E-state index contributed by atoms with van der Waals surface area (Å²) in [5.41, 5.74) is 5.78. The van der Waals surface area contributed by atoms with Crippen LogP contribution in [-0.4, -0.2) is 30.5 Å². The maximum Gasteiger partial charge on any atom is 0.191 e. The molecule has 1 aliphatic heterocycles. The molecule has 0 saturated heterocycles. The van der Waals surface area contributed by atoms with Crippen LogP contribution in [0.15, 0.2) is 4.99 Å². The molecule has 1 rings (SSSR count). The molecule has 0 aromatic heterocycles. The maximum atomic E-state index is 5.78. The Morgan fingerprint density at radius 3 is 1.95 bits per heavy atom. The molecule has 0 spiro atoms. The third-order valence-corrected chi connectivity index (χ3v) is 3.75. The van der Waals surface area contributed by atoms with E-state index in [9.17, 15) is 0 Å². The minimum absolute atomic E-state index is 0. The fraction of sp³-hybridized carbons (Fsp3) is 0.933.